The molecule has 4 aromatic rings. The Morgan fingerprint density at radius 3 is 2.21 bits per heavy atom. The summed E-state index contributed by atoms with van der Waals surface area (Å²) >= 11 is 0. The van der Waals surface area contributed by atoms with Crippen LogP contribution < -0.4 is 10.1 Å². The molecule has 6 heteroatoms. The molecular formula is C23H20N4O2. The van der Waals surface area contributed by atoms with Gasteiger partial charge in [0.15, 0.2) is 11.6 Å². The average molecular weight is 384 g/mol. The number of ether oxygens (including phenoxy) is 1. The van der Waals surface area contributed by atoms with Crippen molar-refractivity contribution in [2.75, 3.05) is 12.4 Å². The molecule has 0 aliphatic heterocycles. The number of hydrogen-bond acceptors (Lipinski definition) is 4. The summed E-state index contributed by atoms with van der Waals surface area (Å²) in [4.78, 5) is 17.4. The molecule has 0 fully saturated rings. The van der Waals surface area contributed by atoms with E-state index in [2.05, 4.69) is 10.4 Å². The van der Waals surface area contributed by atoms with E-state index < -0.39 is 0 Å². The molecule has 6 nitrogen and oxygen atoms in total. The van der Waals surface area contributed by atoms with Crippen molar-refractivity contribution in [1.82, 2.24) is 14.8 Å². The minimum atomic E-state index is -0.212. The molecule has 1 N–H and O–H groups in total. The molecule has 0 aliphatic rings. The van der Waals surface area contributed by atoms with Gasteiger partial charge in [0.05, 0.1) is 12.8 Å². The molecule has 0 saturated heterocycles. The first-order chi connectivity index (χ1) is 14.2. The lowest BCUT2D eigenvalue weighted by molar-refractivity contribution is -0.116. The van der Waals surface area contributed by atoms with Crippen molar-refractivity contribution in [3.8, 4) is 28.5 Å². The number of nitrogens with zero attached hydrogens (tertiary/aromatic N) is 3. The van der Waals surface area contributed by atoms with Gasteiger partial charge in [0.2, 0.25) is 5.91 Å². The number of benzene rings is 3. The SMILES string of the molecule is COc1ccccc1NC(=O)Cn1nc(-c2ccccc2)nc1-c1ccccc1. The second kappa shape index (κ2) is 8.39. The van der Waals surface area contributed by atoms with Gasteiger partial charge in [0, 0.05) is 11.1 Å². The summed E-state index contributed by atoms with van der Waals surface area (Å²) in [5.74, 6) is 1.61. The maximum absolute atomic E-state index is 12.7. The number of amides is 1. The molecule has 144 valence electrons. The van der Waals surface area contributed by atoms with Gasteiger partial charge in [0.1, 0.15) is 12.3 Å². The van der Waals surface area contributed by atoms with E-state index in [-0.39, 0.29) is 12.5 Å². The quantitative estimate of drug-likeness (QED) is 0.539. The smallest absolute Gasteiger partial charge is 0.246 e. The van der Waals surface area contributed by atoms with Crippen LogP contribution in [-0.2, 0) is 11.3 Å². The molecule has 1 heterocycles. The van der Waals surface area contributed by atoms with Gasteiger partial charge in [-0.1, -0.05) is 72.8 Å². The molecule has 0 unspecified atom stereocenters. The van der Waals surface area contributed by atoms with Gasteiger partial charge in [-0.25, -0.2) is 9.67 Å². The lowest BCUT2D eigenvalue weighted by Gasteiger charge is -2.10. The summed E-state index contributed by atoms with van der Waals surface area (Å²) in [5.41, 5.74) is 2.41. The molecule has 0 atom stereocenters. The number of nitrogens with one attached hydrogen (secondary N) is 1. The Hall–Kier alpha value is -3.93. The van der Waals surface area contributed by atoms with Gasteiger partial charge in [0.25, 0.3) is 0 Å². The van der Waals surface area contributed by atoms with E-state index in [1.807, 2.05) is 72.8 Å². The monoisotopic (exact) mass is 384 g/mol. The Kier molecular flexibility index (Phi) is 5.33. The summed E-state index contributed by atoms with van der Waals surface area (Å²) in [5, 5.41) is 7.48. The van der Waals surface area contributed by atoms with E-state index in [1.54, 1.807) is 23.9 Å². The molecular weight excluding hydrogens is 364 g/mol. The van der Waals surface area contributed by atoms with Crippen LogP contribution in [0, 0.1) is 0 Å². The van der Waals surface area contributed by atoms with Gasteiger partial charge < -0.3 is 10.1 Å². The highest BCUT2D eigenvalue weighted by atomic mass is 16.5. The molecule has 0 spiro atoms. The number of carbonyl (C=O) groups excluding carboxylic acids is 1. The third kappa shape index (κ3) is 4.16. The molecule has 4 rings (SSSR count). The van der Waals surface area contributed by atoms with Gasteiger partial charge in [-0.3, -0.25) is 4.79 Å². The summed E-state index contributed by atoms with van der Waals surface area (Å²) < 4.78 is 6.93. The van der Waals surface area contributed by atoms with Crippen molar-refractivity contribution in [2.45, 2.75) is 6.54 Å². The van der Waals surface area contributed by atoms with Crippen LogP contribution in [-0.4, -0.2) is 27.8 Å². The van der Waals surface area contributed by atoms with E-state index in [1.165, 1.54) is 0 Å². The molecule has 29 heavy (non-hydrogen) atoms. The van der Waals surface area contributed by atoms with E-state index in [0.29, 0.717) is 23.1 Å². The number of aromatic nitrogens is 3. The highest BCUT2D eigenvalue weighted by Gasteiger charge is 2.16. The Labute approximate surface area is 168 Å². The van der Waals surface area contributed by atoms with Crippen LogP contribution in [0.4, 0.5) is 5.69 Å². The first-order valence-electron chi connectivity index (χ1n) is 9.23. The second-order valence-electron chi connectivity index (χ2n) is 6.40. The lowest BCUT2D eigenvalue weighted by atomic mass is 10.2. The number of rotatable bonds is 6. The van der Waals surface area contributed by atoms with Crippen LogP contribution in [0.5, 0.6) is 5.75 Å². The topological polar surface area (TPSA) is 69.0 Å². The third-order valence-electron chi connectivity index (χ3n) is 4.41. The van der Waals surface area contributed by atoms with E-state index in [4.69, 9.17) is 9.72 Å². The molecule has 1 amide bonds. The van der Waals surface area contributed by atoms with Crippen molar-refractivity contribution < 1.29 is 9.53 Å². The molecule has 1 aromatic heterocycles. The van der Waals surface area contributed by atoms with Crippen molar-refractivity contribution in [3.63, 3.8) is 0 Å². The van der Waals surface area contributed by atoms with Crippen molar-refractivity contribution in [2.24, 2.45) is 0 Å². The van der Waals surface area contributed by atoms with Crippen LogP contribution >= 0.6 is 0 Å². The number of para-hydroxylation sites is 2. The zero-order valence-electron chi connectivity index (χ0n) is 15.9. The lowest BCUT2D eigenvalue weighted by Crippen LogP contribution is -2.20. The van der Waals surface area contributed by atoms with Crippen LogP contribution in [0.15, 0.2) is 84.9 Å². The summed E-state index contributed by atoms with van der Waals surface area (Å²) in [6.07, 6.45) is 0. The maximum Gasteiger partial charge on any atom is 0.246 e. The van der Waals surface area contributed by atoms with Crippen LogP contribution in [0.1, 0.15) is 0 Å². The molecule has 3 aromatic carbocycles. The summed E-state index contributed by atoms with van der Waals surface area (Å²) in [7, 11) is 1.57. The summed E-state index contributed by atoms with van der Waals surface area (Å²) in [6, 6.07) is 26.7. The van der Waals surface area contributed by atoms with Crippen LogP contribution in [0.2, 0.25) is 0 Å². The Morgan fingerprint density at radius 2 is 1.52 bits per heavy atom. The maximum atomic E-state index is 12.7. The van der Waals surface area contributed by atoms with Gasteiger partial charge in [-0.05, 0) is 12.1 Å². The standard InChI is InChI=1S/C23H20N4O2/c1-29-20-15-9-8-14-19(20)24-21(28)16-27-23(18-12-6-3-7-13-18)25-22(26-27)17-10-4-2-5-11-17/h2-15H,16H2,1H3,(H,24,28). The van der Waals surface area contributed by atoms with E-state index >= 15 is 0 Å². The first-order valence-corrected chi connectivity index (χ1v) is 9.23. The molecule has 0 bridgehead atoms. The second-order valence-corrected chi connectivity index (χ2v) is 6.40. The zero-order valence-corrected chi connectivity index (χ0v) is 15.9. The minimum absolute atomic E-state index is 0.0299. The Morgan fingerprint density at radius 1 is 0.897 bits per heavy atom. The number of carbonyl (C=O) groups is 1. The van der Waals surface area contributed by atoms with Gasteiger partial charge in [-0.2, -0.15) is 0 Å². The van der Waals surface area contributed by atoms with Gasteiger partial charge in [-0.15, -0.1) is 5.10 Å². The number of anilines is 1. The van der Waals surface area contributed by atoms with Crippen LogP contribution in [0.25, 0.3) is 22.8 Å². The fourth-order valence-electron chi connectivity index (χ4n) is 3.04. The predicted molar refractivity (Wildman–Crippen MR) is 113 cm³/mol. The third-order valence-corrected chi connectivity index (χ3v) is 4.41. The fourth-order valence-corrected chi connectivity index (χ4v) is 3.04. The number of methoxy groups -OCH3 is 1. The Balaban J connectivity index is 1.65. The highest BCUT2D eigenvalue weighted by molar-refractivity contribution is 5.92. The largest absolute Gasteiger partial charge is 0.495 e. The highest BCUT2D eigenvalue weighted by Crippen LogP contribution is 2.24. The normalized spacial score (nSPS) is 10.5. The Bertz CT molecular complexity index is 1110. The summed E-state index contributed by atoms with van der Waals surface area (Å²) in [6.45, 7) is 0.0299. The predicted octanol–water partition coefficient (Wildman–Crippen LogP) is 4.26. The molecule has 0 saturated carbocycles. The van der Waals surface area contributed by atoms with Crippen molar-refractivity contribution in [1.29, 1.82) is 0 Å². The van der Waals surface area contributed by atoms with Crippen molar-refractivity contribution in [3.05, 3.63) is 84.9 Å². The van der Waals surface area contributed by atoms with Crippen molar-refractivity contribution >= 4 is 11.6 Å². The van der Waals surface area contributed by atoms with Gasteiger partial charge >= 0.3 is 0 Å². The average Bonchev–Trinajstić information content (AvgIpc) is 3.19. The van der Waals surface area contributed by atoms with E-state index in [0.717, 1.165) is 11.1 Å². The van der Waals surface area contributed by atoms with Crippen LogP contribution in [0.3, 0.4) is 0 Å². The van der Waals surface area contributed by atoms with E-state index in [9.17, 15) is 4.79 Å². The first kappa shape index (κ1) is 18.4. The zero-order chi connectivity index (χ0) is 20.1. The number of hydrogen-bond donors (Lipinski definition) is 1. The molecule has 0 aliphatic carbocycles. The minimum Gasteiger partial charge on any atom is -0.495 e. The fraction of sp³-hybridized carbons (Fsp3) is 0.0870. The molecule has 0 radical (unpaired) electrons.